The zero-order valence-corrected chi connectivity index (χ0v) is 13.7. The third kappa shape index (κ3) is 4.03. The smallest absolute Gasteiger partial charge is 0.106 e. The first-order valence-electron chi connectivity index (χ1n) is 5.93. The molecule has 0 aliphatic heterocycles. The molecule has 1 unspecified atom stereocenters. The number of thiophene rings is 1. The van der Waals surface area contributed by atoms with Crippen LogP contribution >= 0.6 is 39.5 Å². The van der Waals surface area contributed by atoms with Crippen LogP contribution < -0.4 is 11.1 Å². The van der Waals surface area contributed by atoms with E-state index >= 15 is 0 Å². The summed E-state index contributed by atoms with van der Waals surface area (Å²) >= 11 is 10.3. The summed E-state index contributed by atoms with van der Waals surface area (Å²) in [5, 5.41) is 7.75. The Morgan fingerprint density at radius 2 is 2.26 bits per heavy atom. The van der Waals surface area contributed by atoms with Gasteiger partial charge in [0.05, 0.1) is 0 Å². The number of rotatable bonds is 5. The highest BCUT2D eigenvalue weighted by atomic mass is 79.9. The lowest BCUT2D eigenvalue weighted by Crippen LogP contribution is -2.21. The lowest BCUT2D eigenvalue weighted by Gasteiger charge is -2.17. The van der Waals surface area contributed by atoms with Crippen LogP contribution in [0.2, 0.25) is 0 Å². The Hall–Kier alpha value is -0.910. The highest BCUT2D eigenvalue weighted by molar-refractivity contribution is 9.10. The van der Waals surface area contributed by atoms with Crippen LogP contribution in [0.1, 0.15) is 18.1 Å². The molecule has 2 aromatic rings. The number of nitrogens with one attached hydrogen (secondary N) is 1. The van der Waals surface area contributed by atoms with Gasteiger partial charge in [0.2, 0.25) is 0 Å². The van der Waals surface area contributed by atoms with Gasteiger partial charge in [0, 0.05) is 21.8 Å². The quantitative estimate of drug-likeness (QED) is 0.790. The van der Waals surface area contributed by atoms with Gasteiger partial charge in [-0.1, -0.05) is 28.1 Å². The van der Waals surface area contributed by atoms with E-state index in [1.807, 2.05) is 18.2 Å². The maximum absolute atomic E-state index is 5.77. The molecule has 100 valence electrons. The van der Waals surface area contributed by atoms with Gasteiger partial charge < -0.3 is 11.1 Å². The maximum Gasteiger partial charge on any atom is 0.106 e. The summed E-state index contributed by atoms with van der Waals surface area (Å²) in [6, 6.07) is 8.41. The lowest BCUT2D eigenvalue weighted by atomic mass is 10.1. The number of anilines is 1. The third-order valence-corrected chi connectivity index (χ3v) is 4.22. The van der Waals surface area contributed by atoms with Crippen LogP contribution in [-0.4, -0.2) is 11.0 Å². The number of hydrogen-bond donors (Lipinski definition) is 2. The van der Waals surface area contributed by atoms with Crippen molar-refractivity contribution in [1.29, 1.82) is 0 Å². The average molecular weight is 355 g/mol. The van der Waals surface area contributed by atoms with E-state index in [9.17, 15) is 0 Å². The van der Waals surface area contributed by atoms with Crippen LogP contribution in [-0.2, 0) is 6.42 Å². The molecule has 0 saturated heterocycles. The lowest BCUT2D eigenvalue weighted by molar-refractivity contribution is 0.792. The van der Waals surface area contributed by atoms with Gasteiger partial charge in [-0.05, 0) is 53.9 Å². The summed E-state index contributed by atoms with van der Waals surface area (Å²) in [6.07, 6.45) is 0.982. The molecule has 2 rings (SSSR count). The van der Waals surface area contributed by atoms with Crippen LogP contribution in [0.25, 0.3) is 0 Å². The van der Waals surface area contributed by atoms with Crippen molar-refractivity contribution in [3.63, 3.8) is 0 Å². The predicted molar refractivity (Wildman–Crippen MR) is 91.1 cm³/mol. The van der Waals surface area contributed by atoms with E-state index < -0.39 is 0 Å². The Morgan fingerprint density at radius 1 is 1.47 bits per heavy atom. The number of nitrogens with two attached hydrogens (primary N) is 1. The van der Waals surface area contributed by atoms with Gasteiger partial charge in [-0.15, -0.1) is 0 Å². The second-order valence-electron chi connectivity index (χ2n) is 4.44. The molecular weight excluding hydrogens is 340 g/mol. The van der Waals surface area contributed by atoms with E-state index in [2.05, 4.69) is 45.0 Å². The zero-order chi connectivity index (χ0) is 13.8. The highest BCUT2D eigenvalue weighted by Crippen LogP contribution is 2.22. The van der Waals surface area contributed by atoms with E-state index in [1.165, 1.54) is 5.56 Å². The molecule has 1 aromatic carbocycles. The van der Waals surface area contributed by atoms with Crippen molar-refractivity contribution in [3.8, 4) is 0 Å². The molecule has 0 amide bonds. The van der Waals surface area contributed by atoms with Gasteiger partial charge in [-0.2, -0.15) is 11.3 Å². The minimum atomic E-state index is 0.323. The molecule has 5 heteroatoms. The Labute approximate surface area is 131 Å². The topological polar surface area (TPSA) is 38.0 Å². The van der Waals surface area contributed by atoms with Gasteiger partial charge in [0.25, 0.3) is 0 Å². The van der Waals surface area contributed by atoms with E-state index in [0.29, 0.717) is 11.0 Å². The molecule has 0 aliphatic rings. The molecule has 3 N–H and O–H groups in total. The molecule has 0 saturated carbocycles. The normalized spacial score (nSPS) is 12.1. The molecule has 1 heterocycles. The van der Waals surface area contributed by atoms with Crippen LogP contribution in [0.15, 0.2) is 39.5 Å². The fraction of sp³-hybridized carbons (Fsp3) is 0.214. The zero-order valence-electron chi connectivity index (χ0n) is 10.5. The summed E-state index contributed by atoms with van der Waals surface area (Å²) in [5.41, 5.74) is 8.97. The van der Waals surface area contributed by atoms with Crippen molar-refractivity contribution in [1.82, 2.24) is 0 Å². The van der Waals surface area contributed by atoms with Gasteiger partial charge in [-0.3, -0.25) is 0 Å². The van der Waals surface area contributed by atoms with Crippen LogP contribution in [0, 0.1) is 0 Å². The largest absolute Gasteiger partial charge is 0.389 e. The molecule has 2 nitrogen and oxygen atoms in total. The Morgan fingerprint density at radius 3 is 2.89 bits per heavy atom. The molecule has 0 spiro atoms. The first-order valence-corrected chi connectivity index (χ1v) is 8.07. The Balaban J connectivity index is 2.12. The molecule has 19 heavy (non-hydrogen) atoms. The molecular formula is C14H15BrN2S2. The van der Waals surface area contributed by atoms with Gasteiger partial charge >= 0.3 is 0 Å². The number of thiocarbonyl (C=S) groups is 1. The van der Waals surface area contributed by atoms with Crippen molar-refractivity contribution < 1.29 is 0 Å². The molecule has 0 bridgehead atoms. The van der Waals surface area contributed by atoms with Crippen molar-refractivity contribution in [2.45, 2.75) is 19.4 Å². The highest BCUT2D eigenvalue weighted by Gasteiger charge is 2.09. The Kier molecular flexibility index (Phi) is 4.96. The molecule has 0 aliphatic carbocycles. The number of hydrogen-bond acceptors (Lipinski definition) is 3. The SMILES string of the molecule is CC(Cc1ccsc1)Nc1ccc(Br)cc1C(N)=S. The van der Waals surface area contributed by atoms with Crippen LogP contribution in [0.5, 0.6) is 0 Å². The second-order valence-corrected chi connectivity index (χ2v) is 6.57. The fourth-order valence-electron chi connectivity index (χ4n) is 1.93. The minimum absolute atomic E-state index is 0.323. The summed E-state index contributed by atoms with van der Waals surface area (Å²) in [5.74, 6) is 0. The Bertz CT molecular complexity index is 567. The molecule has 1 atom stereocenters. The van der Waals surface area contributed by atoms with Crippen molar-refractivity contribution in [2.24, 2.45) is 5.73 Å². The maximum atomic E-state index is 5.77. The monoisotopic (exact) mass is 354 g/mol. The van der Waals surface area contributed by atoms with Crippen molar-refractivity contribution >= 4 is 50.2 Å². The van der Waals surface area contributed by atoms with Gasteiger partial charge in [0.15, 0.2) is 0 Å². The molecule has 0 fully saturated rings. The summed E-state index contributed by atoms with van der Waals surface area (Å²) < 4.78 is 0.978. The molecule has 1 aromatic heterocycles. The van der Waals surface area contributed by atoms with E-state index in [0.717, 1.165) is 22.1 Å². The van der Waals surface area contributed by atoms with E-state index in [1.54, 1.807) is 11.3 Å². The van der Waals surface area contributed by atoms with Gasteiger partial charge in [0.1, 0.15) is 4.99 Å². The van der Waals surface area contributed by atoms with Crippen molar-refractivity contribution in [2.75, 3.05) is 5.32 Å². The standard InChI is InChI=1S/C14H15BrN2S2/c1-9(6-10-4-5-19-8-10)17-13-3-2-11(15)7-12(13)14(16)18/h2-5,7-9,17H,6H2,1H3,(H2,16,18). The first-order chi connectivity index (χ1) is 9.06. The molecule has 0 radical (unpaired) electrons. The summed E-state index contributed by atoms with van der Waals surface area (Å²) in [6.45, 7) is 2.16. The third-order valence-electron chi connectivity index (χ3n) is 2.77. The van der Waals surface area contributed by atoms with Crippen LogP contribution in [0.4, 0.5) is 5.69 Å². The van der Waals surface area contributed by atoms with Crippen molar-refractivity contribution in [3.05, 3.63) is 50.6 Å². The second kappa shape index (κ2) is 6.50. The average Bonchev–Trinajstić information content (AvgIpc) is 2.83. The first kappa shape index (κ1) is 14.5. The van der Waals surface area contributed by atoms with Crippen LogP contribution in [0.3, 0.4) is 0 Å². The fourth-order valence-corrected chi connectivity index (χ4v) is 3.14. The van der Waals surface area contributed by atoms with Gasteiger partial charge in [-0.25, -0.2) is 0 Å². The van der Waals surface area contributed by atoms with E-state index in [4.69, 9.17) is 18.0 Å². The minimum Gasteiger partial charge on any atom is -0.389 e. The summed E-state index contributed by atoms with van der Waals surface area (Å²) in [7, 11) is 0. The van der Waals surface area contributed by atoms with E-state index in [-0.39, 0.29) is 0 Å². The summed E-state index contributed by atoms with van der Waals surface area (Å²) in [4.78, 5) is 0.409. The number of halogens is 1. The predicted octanol–water partition coefficient (Wildman–Crippen LogP) is 4.19. The number of benzene rings is 1.